The van der Waals surface area contributed by atoms with Crippen LogP contribution in [0.15, 0.2) is 60.8 Å². The van der Waals surface area contributed by atoms with Crippen LogP contribution in [0.5, 0.6) is 0 Å². The molecule has 1 saturated heterocycles. The SMILES string of the molecule is CC/C=C\C/C=C\C/C=C\C/C=C\C/C=C\CCCCCCCC(=O)OC(COCCCCCCCCCCCC)COC1OC(CO)C(O)C(O)C1O. The van der Waals surface area contributed by atoms with Gasteiger partial charge in [-0.2, -0.15) is 0 Å². The van der Waals surface area contributed by atoms with Gasteiger partial charge in [-0.25, -0.2) is 0 Å². The Morgan fingerprint density at radius 1 is 0.611 bits per heavy atom. The van der Waals surface area contributed by atoms with Crippen molar-refractivity contribution >= 4 is 5.97 Å². The minimum atomic E-state index is -1.54. The van der Waals surface area contributed by atoms with Crippen molar-refractivity contribution in [3.05, 3.63) is 60.8 Å². The molecular weight excluding hydrogens is 684 g/mol. The molecule has 0 bridgehead atoms. The number of carbonyl (C=O) groups is 1. The predicted octanol–water partition coefficient (Wildman–Crippen LogP) is 9.13. The summed E-state index contributed by atoms with van der Waals surface area (Å²) in [6.07, 6.45) is 38.1. The molecule has 9 heteroatoms. The zero-order valence-electron chi connectivity index (χ0n) is 34.0. The lowest BCUT2D eigenvalue weighted by molar-refractivity contribution is -0.305. The first-order valence-electron chi connectivity index (χ1n) is 21.4. The highest BCUT2D eigenvalue weighted by atomic mass is 16.7. The lowest BCUT2D eigenvalue weighted by Crippen LogP contribution is -2.59. The van der Waals surface area contributed by atoms with Crippen LogP contribution in [-0.2, 0) is 23.7 Å². The van der Waals surface area contributed by atoms with Gasteiger partial charge in [0, 0.05) is 13.0 Å². The monoisotopic (exact) mass is 763 g/mol. The smallest absolute Gasteiger partial charge is 0.306 e. The molecule has 54 heavy (non-hydrogen) atoms. The molecule has 1 rings (SSSR count). The van der Waals surface area contributed by atoms with Crippen molar-refractivity contribution in [1.29, 1.82) is 0 Å². The Labute approximate surface area is 328 Å². The Morgan fingerprint density at radius 2 is 1.13 bits per heavy atom. The maximum absolute atomic E-state index is 12.7. The fourth-order valence-electron chi connectivity index (χ4n) is 6.11. The van der Waals surface area contributed by atoms with Gasteiger partial charge in [0.1, 0.15) is 30.5 Å². The van der Waals surface area contributed by atoms with Crippen LogP contribution in [0.25, 0.3) is 0 Å². The second-order valence-corrected chi connectivity index (χ2v) is 14.4. The van der Waals surface area contributed by atoms with Gasteiger partial charge in [-0.15, -0.1) is 0 Å². The van der Waals surface area contributed by atoms with E-state index in [9.17, 15) is 25.2 Å². The molecule has 1 aliphatic rings. The number of carbonyl (C=O) groups excluding carboxylic acids is 1. The number of aliphatic hydroxyl groups excluding tert-OH is 4. The summed E-state index contributed by atoms with van der Waals surface area (Å²) in [5.74, 6) is -0.335. The van der Waals surface area contributed by atoms with E-state index in [1.54, 1.807) is 0 Å². The maximum Gasteiger partial charge on any atom is 0.306 e. The van der Waals surface area contributed by atoms with Crippen LogP contribution in [0, 0.1) is 0 Å². The highest BCUT2D eigenvalue weighted by Gasteiger charge is 2.44. The summed E-state index contributed by atoms with van der Waals surface area (Å²) < 4.78 is 22.7. The van der Waals surface area contributed by atoms with E-state index in [0.29, 0.717) is 13.0 Å². The molecule has 1 aliphatic heterocycles. The third-order valence-corrected chi connectivity index (χ3v) is 9.45. The van der Waals surface area contributed by atoms with Crippen LogP contribution in [0.4, 0.5) is 0 Å². The van der Waals surface area contributed by atoms with Crippen molar-refractivity contribution in [2.45, 2.75) is 192 Å². The van der Waals surface area contributed by atoms with E-state index in [0.717, 1.165) is 83.5 Å². The molecule has 0 aromatic carbocycles. The summed E-state index contributed by atoms with van der Waals surface area (Å²) in [6, 6.07) is 0. The quantitative estimate of drug-likeness (QED) is 0.0283. The molecule has 4 N–H and O–H groups in total. The van der Waals surface area contributed by atoms with Crippen molar-refractivity contribution in [1.82, 2.24) is 0 Å². The van der Waals surface area contributed by atoms with Crippen molar-refractivity contribution < 1.29 is 44.2 Å². The molecule has 0 spiro atoms. The molecule has 9 nitrogen and oxygen atoms in total. The summed E-state index contributed by atoms with van der Waals surface area (Å²) in [7, 11) is 0. The molecule has 0 radical (unpaired) electrons. The molecule has 312 valence electrons. The second-order valence-electron chi connectivity index (χ2n) is 14.4. The molecule has 6 unspecified atom stereocenters. The normalized spacial score (nSPS) is 21.5. The number of esters is 1. The van der Waals surface area contributed by atoms with Gasteiger partial charge < -0.3 is 39.4 Å². The Morgan fingerprint density at radius 3 is 1.70 bits per heavy atom. The van der Waals surface area contributed by atoms with Gasteiger partial charge in [0.25, 0.3) is 0 Å². The van der Waals surface area contributed by atoms with Gasteiger partial charge in [0.15, 0.2) is 6.29 Å². The van der Waals surface area contributed by atoms with E-state index >= 15 is 0 Å². The molecule has 0 aliphatic carbocycles. The molecule has 0 aromatic heterocycles. The number of hydrogen-bond acceptors (Lipinski definition) is 9. The number of hydrogen-bond donors (Lipinski definition) is 4. The molecule has 6 atom stereocenters. The van der Waals surface area contributed by atoms with Crippen LogP contribution >= 0.6 is 0 Å². The van der Waals surface area contributed by atoms with Crippen LogP contribution in [0.1, 0.15) is 155 Å². The number of rotatable bonds is 35. The van der Waals surface area contributed by atoms with Crippen LogP contribution < -0.4 is 0 Å². The van der Waals surface area contributed by atoms with Crippen LogP contribution in [0.3, 0.4) is 0 Å². The van der Waals surface area contributed by atoms with Gasteiger partial charge >= 0.3 is 5.97 Å². The highest BCUT2D eigenvalue weighted by molar-refractivity contribution is 5.69. The first-order valence-corrected chi connectivity index (χ1v) is 21.4. The number of ether oxygens (including phenoxy) is 4. The van der Waals surface area contributed by atoms with Crippen molar-refractivity contribution in [3.8, 4) is 0 Å². The largest absolute Gasteiger partial charge is 0.457 e. The Balaban J connectivity index is 2.28. The van der Waals surface area contributed by atoms with E-state index < -0.39 is 43.4 Å². The van der Waals surface area contributed by atoms with Crippen molar-refractivity contribution in [2.75, 3.05) is 26.4 Å². The van der Waals surface area contributed by atoms with Crippen LogP contribution in [-0.4, -0.2) is 89.6 Å². The van der Waals surface area contributed by atoms with Gasteiger partial charge in [-0.1, -0.05) is 152 Å². The third kappa shape index (κ3) is 27.5. The summed E-state index contributed by atoms with van der Waals surface area (Å²) in [5.41, 5.74) is 0. The Bertz CT molecular complexity index is 1010. The molecular formula is C45H78O9. The first-order chi connectivity index (χ1) is 26.4. The zero-order chi connectivity index (χ0) is 39.3. The van der Waals surface area contributed by atoms with E-state index in [1.165, 1.54) is 51.4 Å². The van der Waals surface area contributed by atoms with Crippen molar-refractivity contribution in [3.63, 3.8) is 0 Å². The lowest BCUT2D eigenvalue weighted by Gasteiger charge is -2.39. The van der Waals surface area contributed by atoms with E-state index in [4.69, 9.17) is 18.9 Å². The van der Waals surface area contributed by atoms with Crippen molar-refractivity contribution in [2.24, 2.45) is 0 Å². The van der Waals surface area contributed by atoms with E-state index in [-0.39, 0.29) is 19.2 Å². The van der Waals surface area contributed by atoms with E-state index in [2.05, 4.69) is 74.6 Å². The zero-order valence-corrected chi connectivity index (χ0v) is 34.0. The molecule has 0 aromatic rings. The molecule has 0 saturated carbocycles. The van der Waals surface area contributed by atoms with E-state index in [1.807, 2.05) is 0 Å². The second kappa shape index (κ2) is 36.5. The topological polar surface area (TPSA) is 135 Å². The fraction of sp³-hybridized carbons (Fsp3) is 0.756. The number of aliphatic hydroxyl groups is 4. The lowest BCUT2D eigenvalue weighted by atomic mass is 9.99. The fourth-order valence-corrected chi connectivity index (χ4v) is 6.11. The molecule has 1 heterocycles. The van der Waals surface area contributed by atoms with Gasteiger partial charge in [0.05, 0.1) is 19.8 Å². The number of unbranched alkanes of at least 4 members (excludes halogenated alkanes) is 14. The highest BCUT2D eigenvalue weighted by Crippen LogP contribution is 2.22. The maximum atomic E-state index is 12.7. The standard InChI is InChI=1S/C45H78O9/c1-3-5-7-9-11-13-15-16-17-18-19-20-21-22-23-24-25-26-28-30-32-34-41(47)53-39(37-51-35-33-31-29-27-14-12-10-8-6-4-2)38-52-45-44(50)43(49)42(48)40(36-46)54-45/h5,7,11,13,16-17,19-20,22-23,39-40,42-46,48-50H,3-4,6,8-10,12,14-15,18,21,24-38H2,1-2H3/b7-5-,13-11-,17-16-,20-19-,23-22-. The first kappa shape index (κ1) is 49.9. The third-order valence-electron chi connectivity index (χ3n) is 9.45. The summed E-state index contributed by atoms with van der Waals surface area (Å²) in [5, 5.41) is 40.0. The summed E-state index contributed by atoms with van der Waals surface area (Å²) in [4.78, 5) is 12.7. The predicted molar refractivity (Wildman–Crippen MR) is 219 cm³/mol. The Hall–Kier alpha value is -2.11. The molecule has 0 amide bonds. The summed E-state index contributed by atoms with van der Waals surface area (Å²) >= 11 is 0. The minimum absolute atomic E-state index is 0.123. The van der Waals surface area contributed by atoms with Gasteiger partial charge in [0.2, 0.25) is 0 Å². The van der Waals surface area contributed by atoms with Gasteiger partial charge in [-0.3, -0.25) is 4.79 Å². The Kier molecular flexibility index (Phi) is 33.8. The number of allylic oxidation sites excluding steroid dienone is 10. The molecule has 1 fully saturated rings. The average Bonchev–Trinajstić information content (AvgIpc) is 3.17. The summed E-state index contributed by atoms with van der Waals surface area (Å²) in [6.45, 7) is 4.40. The van der Waals surface area contributed by atoms with Gasteiger partial charge in [-0.05, 0) is 57.8 Å². The van der Waals surface area contributed by atoms with Crippen LogP contribution in [0.2, 0.25) is 0 Å². The average molecular weight is 763 g/mol. The minimum Gasteiger partial charge on any atom is -0.457 e.